The molecule has 7 heteroatoms. The second-order valence-electron chi connectivity index (χ2n) is 5.07. The Bertz CT molecular complexity index is 591. The van der Waals surface area contributed by atoms with E-state index >= 15 is 0 Å². The molecule has 6 nitrogen and oxygen atoms in total. The summed E-state index contributed by atoms with van der Waals surface area (Å²) in [6.45, 7) is 2.13. The topological polar surface area (TPSA) is 71.1 Å². The van der Waals surface area contributed by atoms with Crippen LogP contribution in [0.25, 0.3) is 0 Å². The van der Waals surface area contributed by atoms with E-state index < -0.39 is 4.92 Å². The van der Waals surface area contributed by atoms with Gasteiger partial charge in [-0.15, -0.1) is 5.10 Å². The predicted octanol–water partition coefficient (Wildman–Crippen LogP) is 2.89. The van der Waals surface area contributed by atoms with Crippen LogP contribution in [0.2, 0.25) is 0 Å². The molecule has 110 valence electrons. The van der Waals surface area contributed by atoms with Crippen molar-refractivity contribution in [2.24, 2.45) is 10.2 Å². The number of amidine groups is 1. The molecular weight excluding hydrogens is 288 g/mol. The third-order valence-corrected chi connectivity index (χ3v) is 4.65. The Morgan fingerprint density at radius 3 is 2.38 bits per heavy atom. The van der Waals surface area contributed by atoms with Crippen molar-refractivity contribution in [1.82, 2.24) is 4.90 Å². The molecule has 0 saturated carbocycles. The van der Waals surface area contributed by atoms with E-state index in [-0.39, 0.29) is 5.69 Å². The zero-order valence-electron chi connectivity index (χ0n) is 11.6. The second-order valence-corrected chi connectivity index (χ2v) is 6.01. The summed E-state index contributed by atoms with van der Waals surface area (Å²) in [4.78, 5) is 12.6. The molecule has 2 aliphatic rings. The molecule has 2 heterocycles. The number of hydrogen-bond donors (Lipinski definition) is 0. The molecule has 0 aliphatic carbocycles. The monoisotopic (exact) mass is 304 g/mol. The number of nitrogens with zero attached hydrogens (tertiary/aromatic N) is 4. The molecule has 0 bridgehead atoms. The van der Waals surface area contributed by atoms with Crippen molar-refractivity contribution in [3.05, 3.63) is 39.9 Å². The van der Waals surface area contributed by atoms with Crippen LogP contribution in [0.5, 0.6) is 0 Å². The minimum atomic E-state index is -0.395. The first kappa shape index (κ1) is 14.1. The normalized spacial score (nSPS) is 19.0. The molecule has 0 amide bonds. The Labute approximate surface area is 127 Å². The van der Waals surface area contributed by atoms with Crippen LogP contribution in [0.3, 0.4) is 0 Å². The molecular formula is C14H16N4O2S. The van der Waals surface area contributed by atoms with Crippen LogP contribution in [0.15, 0.2) is 34.5 Å². The van der Waals surface area contributed by atoms with E-state index in [4.69, 9.17) is 0 Å². The van der Waals surface area contributed by atoms with Crippen molar-refractivity contribution >= 4 is 28.3 Å². The van der Waals surface area contributed by atoms with Crippen molar-refractivity contribution in [2.45, 2.75) is 19.3 Å². The van der Waals surface area contributed by atoms with Gasteiger partial charge in [-0.2, -0.15) is 5.10 Å². The lowest BCUT2D eigenvalue weighted by Crippen LogP contribution is -2.35. The fourth-order valence-electron chi connectivity index (χ4n) is 2.45. The van der Waals surface area contributed by atoms with Crippen LogP contribution in [0.4, 0.5) is 5.69 Å². The predicted molar refractivity (Wildman–Crippen MR) is 85.0 cm³/mol. The zero-order valence-corrected chi connectivity index (χ0v) is 12.4. The molecule has 3 rings (SSSR count). The van der Waals surface area contributed by atoms with Gasteiger partial charge in [0.15, 0.2) is 5.17 Å². The number of piperidine rings is 1. The van der Waals surface area contributed by atoms with Crippen LogP contribution in [-0.4, -0.2) is 39.5 Å². The highest BCUT2D eigenvalue weighted by molar-refractivity contribution is 8.14. The maximum absolute atomic E-state index is 10.7. The van der Waals surface area contributed by atoms with Gasteiger partial charge in [0.1, 0.15) is 0 Å². The number of hydrogen-bond acceptors (Lipinski definition) is 6. The third kappa shape index (κ3) is 3.24. The fraction of sp³-hybridized carbons (Fsp3) is 0.429. The van der Waals surface area contributed by atoms with Gasteiger partial charge in [0.2, 0.25) is 0 Å². The standard InChI is InChI=1S/C14H16N4O2S/c19-18(20)12-6-4-11(5-7-12)13-10-21-14(16-15-13)17-8-2-1-3-9-17/h4-7H,1-3,8-10H2. The Morgan fingerprint density at radius 1 is 1.10 bits per heavy atom. The molecule has 2 aliphatic heterocycles. The highest BCUT2D eigenvalue weighted by Crippen LogP contribution is 2.22. The summed E-state index contributed by atoms with van der Waals surface area (Å²) in [7, 11) is 0. The van der Waals surface area contributed by atoms with Gasteiger partial charge in [0.05, 0.1) is 10.6 Å². The van der Waals surface area contributed by atoms with Crippen LogP contribution in [0.1, 0.15) is 24.8 Å². The van der Waals surface area contributed by atoms with Crippen LogP contribution >= 0.6 is 11.8 Å². The molecule has 0 spiro atoms. The number of nitro benzene ring substituents is 1. The Kier molecular flexibility index (Phi) is 4.19. The number of benzene rings is 1. The molecule has 1 aromatic rings. The summed E-state index contributed by atoms with van der Waals surface area (Å²) in [6, 6.07) is 6.48. The van der Waals surface area contributed by atoms with Crippen molar-refractivity contribution in [1.29, 1.82) is 0 Å². The number of nitro groups is 1. The first-order valence-electron chi connectivity index (χ1n) is 7.01. The first-order chi connectivity index (χ1) is 10.2. The van der Waals surface area contributed by atoms with Crippen LogP contribution in [0, 0.1) is 10.1 Å². The fourth-order valence-corrected chi connectivity index (χ4v) is 3.40. The summed E-state index contributed by atoms with van der Waals surface area (Å²) in [5.74, 6) is 0.757. The van der Waals surface area contributed by atoms with E-state index in [1.165, 1.54) is 31.4 Å². The number of non-ortho nitro benzene ring substituents is 1. The molecule has 0 unspecified atom stereocenters. The molecule has 0 N–H and O–H groups in total. The summed E-state index contributed by atoms with van der Waals surface area (Å²) in [5.41, 5.74) is 1.87. The van der Waals surface area contributed by atoms with Crippen molar-refractivity contribution in [3.63, 3.8) is 0 Å². The second kappa shape index (κ2) is 6.26. The van der Waals surface area contributed by atoms with Gasteiger partial charge in [-0.25, -0.2) is 0 Å². The highest BCUT2D eigenvalue weighted by atomic mass is 32.2. The van der Waals surface area contributed by atoms with E-state index in [0.29, 0.717) is 0 Å². The lowest BCUT2D eigenvalue weighted by Gasteiger charge is -2.29. The molecule has 1 aromatic carbocycles. The minimum Gasteiger partial charge on any atom is -0.350 e. The zero-order chi connectivity index (χ0) is 14.7. The Hall–Kier alpha value is -1.89. The first-order valence-corrected chi connectivity index (χ1v) is 8.00. The van der Waals surface area contributed by atoms with E-state index in [1.807, 2.05) is 0 Å². The number of likely N-dealkylation sites (tertiary alicyclic amines) is 1. The van der Waals surface area contributed by atoms with Crippen molar-refractivity contribution in [2.75, 3.05) is 18.8 Å². The quantitative estimate of drug-likeness (QED) is 0.622. The Balaban J connectivity index is 1.73. The van der Waals surface area contributed by atoms with Gasteiger partial charge in [-0.3, -0.25) is 10.1 Å². The summed E-state index contributed by atoms with van der Waals surface area (Å²) >= 11 is 1.69. The largest absolute Gasteiger partial charge is 0.350 e. The molecule has 0 radical (unpaired) electrons. The maximum Gasteiger partial charge on any atom is 0.269 e. The summed E-state index contributed by atoms with van der Waals surface area (Å²) < 4.78 is 0. The van der Waals surface area contributed by atoms with E-state index in [2.05, 4.69) is 15.1 Å². The highest BCUT2D eigenvalue weighted by Gasteiger charge is 2.20. The summed E-state index contributed by atoms with van der Waals surface area (Å²) in [6.07, 6.45) is 3.74. The smallest absolute Gasteiger partial charge is 0.269 e. The van der Waals surface area contributed by atoms with E-state index in [0.717, 1.165) is 35.3 Å². The molecule has 0 aromatic heterocycles. The summed E-state index contributed by atoms with van der Waals surface area (Å²) in [5, 5.41) is 20.3. The minimum absolute atomic E-state index is 0.0975. The van der Waals surface area contributed by atoms with Crippen LogP contribution < -0.4 is 0 Å². The molecule has 1 saturated heterocycles. The van der Waals surface area contributed by atoms with Gasteiger partial charge >= 0.3 is 0 Å². The van der Waals surface area contributed by atoms with Gasteiger partial charge in [-0.05, 0) is 37.0 Å². The van der Waals surface area contributed by atoms with E-state index in [1.54, 1.807) is 23.9 Å². The maximum atomic E-state index is 10.7. The lowest BCUT2D eigenvalue weighted by molar-refractivity contribution is -0.384. The van der Waals surface area contributed by atoms with Crippen molar-refractivity contribution in [3.8, 4) is 0 Å². The van der Waals surface area contributed by atoms with Gasteiger partial charge in [0.25, 0.3) is 5.69 Å². The van der Waals surface area contributed by atoms with Gasteiger partial charge in [-0.1, -0.05) is 11.8 Å². The number of thioether (sulfide) groups is 1. The van der Waals surface area contributed by atoms with Crippen molar-refractivity contribution < 1.29 is 4.92 Å². The molecule has 21 heavy (non-hydrogen) atoms. The Morgan fingerprint density at radius 2 is 1.81 bits per heavy atom. The lowest BCUT2D eigenvalue weighted by atomic mass is 10.1. The molecule has 1 fully saturated rings. The van der Waals surface area contributed by atoms with Gasteiger partial charge in [0, 0.05) is 31.0 Å². The average Bonchev–Trinajstić information content (AvgIpc) is 2.56. The number of rotatable bonds is 2. The van der Waals surface area contributed by atoms with Crippen LogP contribution in [-0.2, 0) is 0 Å². The van der Waals surface area contributed by atoms with Gasteiger partial charge < -0.3 is 4.90 Å². The average molecular weight is 304 g/mol. The molecule has 0 atom stereocenters. The SMILES string of the molecule is O=[N+]([O-])c1ccc(C2=NN=C(N3CCCCC3)SC2)cc1. The third-order valence-electron chi connectivity index (χ3n) is 3.63. The van der Waals surface area contributed by atoms with E-state index in [9.17, 15) is 10.1 Å².